The fraction of sp³-hybridized carbons (Fsp3) is 0.462. The van der Waals surface area contributed by atoms with Crippen LogP contribution in [-0.4, -0.2) is 30.8 Å². The SMILES string of the molecule is CCCC(COC)Nc1ccc(C(=O)O)cc1Br. The average Bonchev–Trinajstić information content (AvgIpc) is 2.32. The van der Waals surface area contributed by atoms with E-state index in [4.69, 9.17) is 9.84 Å². The smallest absolute Gasteiger partial charge is 0.335 e. The summed E-state index contributed by atoms with van der Waals surface area (Å²) >= 11 is 3.38. The highest BCUT2D eigenvalue weighted by Gasteiger charge is 2.11. The fourth-order valence-electron chi connectivity index (χ4n) is 1.73. The lowest BCUT2D eigenvalue weighted by Gasteiger charge is -2.19. The summed E-state index contributed by atoms with van der Waals surface area (Å²) in [7, 11) is 1.67. The van der Waals surface area contributed by atoms with Crippen LogP contribution in [0.4, 0.5) is 5.69 Å². The maximum atomic E-state index is 10.8. The molecule has 1 aromatic carbocycles. The first kappa shape index (κ1) is 15.0. The van der Waals surface area contributed by atoms with E-state index in [1.54, 1.807) is 25.3 Å². The van der Waals surface area contributed by atoms with Crippen LogP contribution in [0, 0.1) is 0 Å². The second-order valence-electron chi connectivity index (χ2n) is 4.09. The van der Waals surface area contributed by atoms with Crippen molar-refractivity contribution in [2.24, 2.45) is 0 Å². The number of nitrogens with one attached hydrogen (secondary N) is 1. The van der Waals surface area contributed by atoms with Gasteiger partial charge in [0.15, 0.2) is 0 Å². The van der Waals surface area contributed by atoms with Gasteiger partial charge >= 0.3 is 5.97 Å². The Balaban J connectivity index is 2.79. The molecule has 0 saturated heterocycles. The predicted octanol–water partition coefficient (Wildman–Crippen LogP) is 3.37. The van der Waals surface area contributed by atoms with Crippen molar-refractivity contribution in [1.82, 2.24) is 0 Å². The number of carboxylic acids is 1. The van der Waals surface area contributed by atoms with Gasteiger partial charge in [-0.15, -0.1) is 0 Å². The van der Waals surface area contributed by atoms with Crippen molar-refractivity contribution < 1.29 is 14.6 Å². The van der Waals surface area contributed by atoms with Gasteiger partial charge in [0.1, 0.15) is 0 Å². The second kappa shape index (κ2) is 7.38. The number of benzene rings is 1. The van der Waals surface area contributed by atoms with Crippen molar-refractivity contribution in [3.63, 3.8) is 0 Å². The number of ether oxygens (including phenoxy) is 1. The highest BCUT2D eigenvalue weighted by molar-refractivity contribution is 9.10. The third-order valence-corrected chi connectivity index (χ3v) is 3.24. The Morgan fingerprint density at radius 1 is 1.56 bits per heavy atom. The molecule has 1 rings (SSSR count). The minimum Gasteiger partial charge on any atom is -0.478 e. The van der Waals surface area contributed by atoms with Crippen molar-refractivity contribution >= 4 is 27.6 Å². The van der Waals surface area contributed by atoms with Gasteiger partial charge in [0.05, 0.1) is 12.2 Å². The summed E-state index contributed by atoms with van der Waals surface area (Å²) in [6.07, 6.45) is 2.06. The molecule has 0 bridgehead atoms. The van der Waals surface area contributed by atoms with Crippen molar-refractivity contribution in [2.45, 2.75) is 25.8 Å². The van der Waals surface area contributed by atoms with Gasteiger partial charge in [-0.1, -0.05) is 13.3 Å². The van der Waals surface area contributed by atoms with E-state index >= 15 is 0 Å². The van der Waals surface area contributed by atoms with Crippen LogP contribution >= 0.6 is 15.9 Å². The maximum absolute atomic E-state index is 10.8. The summed E-state index contributed by atoms with van der Waals surface area (Å²) in [4.78, 5) is 10.8. The van der Waals surface area contributed by atoms with E-state index in [9.17, 15) is 4.79 Å². The Hall–Kier alpha value is -1.07. The van der Waals surface area contributed by atoms with E-state index in [1.807, 2.05) is 0 Å². The normalized spacial score (nSPS) is 12.2. The van der Waals surface area contributed by atoms with E-state index in [0.717, 1.165) is 23.0 Å². The number of halogens is 1. The highest BCUT2D eigenvalue weighted by atomic mass is 79.9. The zero-order valence-corrected chi connectivity index (χ0v) is 12.2. The van der Waals surface area contributed by atoms with Crippen molar-refractivity contribution in [2.75, 3.05) is 19.0 Å². The molecule has 1 aromatic rings. The second-order valence-corrected chi connectivity index (χ2v) is 4.94. The monoisotopic (exact) mass is 315 g/mol. The van der Waals surface area contributed by atoms with Gasteiger partial charge in [-0.25, -0.2) is 4.79 Å². The first-order valence-electron chi connectivity index (χ1n) is 5.86. The number of rotatable bonds is 7. The van der Waals surface area contributed by atoms with Crippen LogP contribution in [0.2, 0.25) is 0 Å². The number of aromatic carboxylic acids is 1. The molecule has 0 heterocycles. The summed E-state index contributed by atoms with van der Waals surface area (Å²) in [5.74, 6) is -0.927. The van der Waals surface area contributed by atoms with E-state index in [2.05, 4.69) is 28.2 Å². The molecule has 100 valence electrons. The van der Waals surface area contributed by atoms with E-state index in [1.165, 1.54) is 0 Å². The molecule has 18 heavy (non-hydrogen) atoms. The number of hydrogen-bond donors (Lipinski definition) is 2. The standard InChI is InChI=1S/C13H18BrNO3/c1-3-4-10(8-18-2)15-12-6-5-9(13(16)17)7-11(12)14/h5-7,10,15H,3-4,8H2,1-2H3,(H,16,17). The number of carbonyl (C=O) groups is 1. The molecular formula is C13H18BrNO3. The summed E-state index contributed by atoms with van der Waals surface area (Å²) in [5.41, 5.74) is 1.15. The van der Waals surface area contributed by atoms with Gasteiger partial charge in [0, 0.05) is 23.3 Å². The molecule has 0 amide bonds. The molecule has 2 N–H and O–H groups in total. The minimum atomic E-state index is -0.927. The van der Waals surface area contributed by atoms with Gasteiger partial charge < -0.3 is 15.2 Å². The lowest BCUT2D eigenvalue weighted by Crippen LogP contribution is -2.24. The third-order valence-electron chi connectivity index (χ3n) is 2.58. The number of anilines is 1. The molecule has 0 spiro atoms. The van der Waals surface area contributed by atoms with E-state index in [0.29, 0.717) is 6.61 Å². The lowest BCUT2D eigenvalue weighted by atomic mass is 10.1. The lowest BCUT2D eigenvalue weighted by molar-refractivity contribution is 0.0697. The van der Waals surface area contributed by atoms with Crippen LogP contribution in [0.25, 0.3) is 0 Å². The molecule has 0 aromatic heterocycles. The molecule has 0 aliphatic carbocycles. The summed E-state index contributed by atoms with van der Waals surface area (Å²) in [6.45, 7) is 2.74. The number of carboxylic acid groups (broad SMARTS) is 1. The first-order chi connectivity index (χ1) is 8.58. The van der Waals surface area contributed by atoms with Crippen LogP contribution in [-0.2, 0) is 4.74 Å². The highest BCUT2D eigenvalue weighted by Crippen LogP contribution is 2.25. The molecule has 0 radical (unpaired) electrons. The topological polar surface area (TPSA) is 58.6 Å². The van der Waals surface area contributed by atoms with Gasteiger partial charge in [0.25, 0.3) is 0 Å². The Labute approximate surface area is 115 Å². The molecule has 4 nitrogen and oxygen atoms in total. The van der Waals surface area contributed by atoms with Gasteiger partial charge in [0.2, 0.25) is 0 Å². The predicted molar refractivity (Wildman–Crippen MR) is 75.3 cm³/mol. The van der Waals surface area contributed by atoms with Gasteiger partial charge in [-0.05, 0) is 40.5 Å². The Bertz CT molecular complexity index is 403. The largest absolute Gasteiger partial charge is 0.478 e. The molecule has 0 aliphatic heterocycles. The molecule has 1 unspecified atom stereocenters. The van der Waals surface area contributed by atoms with Crippen LogP contribution < -0.4 is 5.32 Å². The summed E-state index contributed by atoms with van der Waals surface area (Å²) in [5, 5.41) is 12.2. The maximum Gasteiger partial charge on any atom is 0.335 e. The third kappa shape index (κ3) is 4.31. The molecule has 0 aliphatic rings. The zero-order valence-electron chi connectivity index (χ0n) is 10.6. The summed E-state index contributed by atoms with van der Waals surface area (Å²) in [6, 6.07) is 5.18. The molecular weight excluding hydrogens is 298 g/mol. The number of hydrogen-bond acceptors (Lipinski definition) is 3. The molecule has 1 atom stereocenters. The van der Waals surface area contributed by atoms with Crippen LogP contribution in [0.3, 0.4) is 0 Å². The zero-order chi connectivity index (χ0) is 13.5. The fourth-order valence-corrected chi connectivity index (χ4v) is 2.23. The number of methoxy groups -OCH3 is 1. The first-order valence-corrected chi connectivity index (χ1v) is 6.66. The minimum absolute atomic E-state index is 0.229. The van der Waals surface area contributed by atoms with Crippen LogP contribution in [0.15, 0.2) is 22.7 Å². The average molecular weight is 316 g/mol. The Morgan fingerprint density at radius 3 is 2.78 bits per heavy atom. The molecule has 0 saturated carbocycles. The van der Waals surface area contributed by atoms with Crippen LogP contribution in [0.5, 0.6) is 0 Å². The van der Waals surface area contributed by atoms with Crippen molar-refractivity contribution in [3.8, 4) is 0 Å². The Morgan fingerprint density at radius 2 is 2.28 bits per heavy atom. The van der Waals surface area contributed by atoms with Gasteiger partial charge in [-0.2, -0.15) is 0 Å². The van der Waals surface area contributed by atoms with Crippen molar-refractivity contribution in [1.29, 1.82) is 0 Å². The van der Waals surface area contributed by atoms with Gasteiger partial charge in [-0.3, -0.25) is 0 Å². The quantitative estimate of drug-likeness (QED) is 0.810. The van der Waals surface area contributed by atoms with Crippen LogP contribution in [0.1, 0.15) is 30.1 Å². The molecule has 0 fully saturated rings. The summed E-state index contributed by atoms with van der Waals surface area (Å²) < 4.78 is 5.91. The van der Waals surface area contributed by atoms with E-state index in [-0.39, 0.29) is 11.6 Å². The Kier molecular flexibility index (Phi) is 6.15. The van der Waals surface area contributed by atoms with Crippen molar-refractivity contribution in [3.05, 3.63) is 28.2 Å². The van der Waals surface area contributed by atoms with E-state index < -0.39 is 5.97 Å². The molecule has 5 heteroatoms.